The maximum absolute atomic E-state index is 13.3. The van der Waals surface area contributed by atoms with Crippen molar-refractivity contribution in [2.75, 3.05) is 41.3 Å². The predicted octanol–water partition coefficient (Wildman–Crippen LogP) is 5.51. The van der Waals surface area contributed by atoms with Gasteiger partial charge in [0, 0.05) is 49.3 Å². The molecule has 1 amide bonds. The normalized spacial score (nSPS) is 13.9. The predicted molar refractivity (Wildman–Crippen MR) is 145 cm³/mol. The van der Waals surface area contributed by atoms with Gasteiger partial charge >= 0.3 is 0 Å². The molecule has 1 fully saturated rings. The van der Waals surface area contributed by atoms with Crippen LogP contribution in [0.2, 0.25) is 0 Å². The van der Waals surface area contributed by atoms with Crippen molar-refractivity contribution in [1.82, 2.24) is 9.55 Å². The van der Waals surface area contributed by atoms with Crippen LogP contribution in [0.1, 0.15) is 35.5 Å². The summed E-state index contributed by atoms with van der Waals surface area (Å²) in [5, 5.41) is 4.23. The van der Waals surface area contributed by atoms with Gasteiger partial charge in [-0.1, -0.05) is 31.2 Å². The number of amides is 1. The monoisotopic (exact) mass is 467 g/mol. The largest absolute Gasteiger partial charge is 0.368 e. The van der Waals surface area contributed by atoms with Crippen molar-refractivity contribution in [2.45, 2.75) is 33.7 Å². The van der Waals surface area contributed by atoms with Crippen molar-refractivity contribution in [1.29, 1.82) is 0 Å². The Bertz CT molecular complexity index is 1320. The van der Waals surface area contributed by atoms with Crippen molar-refractivity contribution < 1.29 is 4.79 Å². The lowest BCUT2D eigenvalue weighted by Gasteiger charge is -2.36. The van der Waals surface area contributed by atoms with Crippen LogP contribution in [-0.4, -0.2) is 41.6 Å². The number of aryl methyl sites for hydroxylation is 3. The van der Waals surface area contributed by atoms with Crippen LogP contribution in [0, 0.1) is 6.92 Å². The Kier molecular flexibility index (Phi) is 6.45. The van der Waals surface area contributed by atoms with Gasteiger partial charge in [-0.3, -0.25) is 4.79 Å². The summed E-state index contributed by atoms with van der Waals surface area (Å²) in [6, 6.07) is 21.0. The van der Waals surface area contributed by atoms with Gasteiger partial charge in [0.1, 0.15) is 11.5 Å². The lowest BCUT2D eigenvalue weighted by molar-refractivity contribution is 0.101. The minimum absolute atomic E-state index is 0.0929. The van der Waals surface area contributed by atoms with E-state index in [-0.39, 0.29) is 5.91 Å². The molecule has 1 saturated heterocycles. The van der Waals surface area contributed by atoms with E-state index < -0.39 is 0 Å². The van der Waals surface area contributed by atoms with Crippen LogP contribution in [0.4, 0.5) is 17.2 Å². The first-order valence-electron chi connectivity index (χ1n) is 12.5. The molecule has 6 nitrogen and oxygen atoms in total. The fraction of sp³-hybridized carbons (Fsp3) is 0.310. The van der Waals surface area contributed by atoms with Crippen molar-refractivity contribution in [3.05, 3.63) is 83.7 Å². The van der Waals surface area contributed by atoms with Crippen LogP contribution in [0.3, 0.4) is 0 Å². The lowest BCUT2D eigenvalue weighted by atomic mass is 10.1. The molecule has 0 spiro atoms. The van der Waals surface area contributed by atoms with Gasteiger partial charge in [0.05, 0.1) is 11.9 Å². The van der Waals surface area contributed by atoms with Crippen LogP contribution in [0.25, 0.3) is 10.9 Å². The van der Waals surface area contributed by atoms with Gasteiger partial charge in [-0.15, -0.1) is 0 Å². The van der Waals surface area contributed by atoms with E-state index in [0.29, 0.717) is 5.69 Å². The number of para-hydroxylation sites is 1. The van der Waals surface area contributed by atoms with Gasteiger partial charge in [0.15, 0.2) is 0 Å². The molecule has 2 aromatic heterocycles. The molecule has 0 radical (unpaired) electrons. The summed E-state index contributed by atoms with van der Waals surface area (Å²) in [5.74, 6) is 0.853. The Morgan fingerprint density at radius 3 is 2.34 bits per heavy atom. The maximum atomic E-state index is 13.3. The minimum Gasteiger partial charge on any atom is -0.368 e. The molecular formula is C29H33N5O. The molecule has 0 atom stereocenters. The van der Waals surface area contributed by atoms with Crippen LogP contribution < -0.4 is 15.1 Å². The molecule has 0 unspecified atom stereocenters. The zero-order valence-corrected chi connectivity index (χ0v) is 20.8. The number of anilines is 3. The van der Waals surface area contributed by atoms with Crippen LogP contribution in [0.15, 0.2) is 66.9 Å². The van der Waals surface area contributed by atoms with E-state index in [9.17, 15) is 4.79 Å². The topological polar surface area (TPSA) is 53.4 Å². The van der Waals surface area contributed by atoms with Crippen LogP contribution in [-0.2, 0) is 13.0 Å². The number of rotatable bonds is 6. The molecule has 1 aliphatic heterocycles. The molecule has 0 bridgehead atoms. The van der Waals surface area contributed by atoms with Gasteiger partial charge in [-0.25, -0.2) is 4.98 Å². The molecular weight excluding hydrogens is 434 g/mol. The molecule has 5 rings (SSSR count). The highest BCUT2D eigenvalue weighted by Crippen LogP contribution is 2.28. The number of fused-ring (bicyclic) bond motifs is 1. The quantitative estimate of drug-likeness (QED) is 0.407. The standard InChI is InChI=1S/C29H33N5O/c1-4-22-11-13-26-25(19-22)21(3)28(34(26)5-2)29(35)31-23-12-14-27(30-20-23)33-17-15-32(16-18-33)24-9-7-6-8-10-24/h6-14,19-20H,4-5,15-18H2,1-3H3,(H,31,35). The average molecular weight is 468 g/mol. The van der Waals surface area contributed by atoms with Crippen molar-refractivity contribution in [3.63, 3.8) is 0 Å². The first-order chi connectivity index (χ1) is 17.1. The summed E-state index contributed by atoms with van der Waals surface area (Å²) < 4.78 is 2.10. The SMILES string of the molecule is CCc1ccc2c(c1)c(C)c(C(=O)Nc1ccc(N3CCN(c4ccccc4)CC3)nc1)n2CC. The first-order valence-corrected chi connectivity index (χ1v) is 12.5. The minimum atomic E-state index is -0.0929. The number of carbonyl (C=O) groups is 1. The number of hydrogen-bond donors (Lipinski definition) is 1. The zero-order valence-electron chi connectivity index (χ0n) is 20.8. The smallest absolute Gasteiger partial charge is 0.272 e. The van der Waals surface area contributed by atoms with E-state index in [1.165, 1.54) is 11.3 Å². The summed E-state index contributed by atoms with van der Waals surface area (Å²) >= 11 is 0. The first kappa shape index (κ1) is 23.0. The number of nitrogens with one attached hydrogen (secondary N) is 1. The number of pyridine rings is 1. The van der Waals surface area contributed by atoms with Crippen molar-refractivity contribution >= 4 is 34.0 Å². The Morgan fingerprint density at radius 1 is 0.943 bits per heavy atom. The highest BCUT2D eigenvalue weighted by atomic mass is 16.2. The average Bonchev–Trinajstić information content (AvgIpc) is 3.20. The third kappa shape index (κ3) is 4.48. The molecule has 1 N–H and O–H groups in total. The number of aromatic nitrogens is 2. The number of benzene rings is 2. The molecule has 35 heavy (non-hydrogen) atoms. The summed E-state index contributed by atoms with van der Waals surface area (Å²) in [5.41, 5.74) is 6.11. The molecule has 4 aromatic rings. The Balaban J connectivity index is 1.28. The van der Waals surface area contributed by atoms with E-state index in [4.69, 9.17) is 0 Å². The van der Waals surface area contributed by atoms with Gasteiger partial charge in [-0.05, 0) is 67.8 Å². The van der Waals surface area contributed by atoms with E-state index in [2.05, 4.69) is 87.0 Å². The van der Waals surface area contributed by atoms with E-state index in [1.54, 1.807) is 6.20 Å². The Labute approximate surface area is 207 Å². The third-order valence-corrected chi connectivity index (χ3v) is 7.05. The summed E-state index contributed by atoms with van der Waals surface area (Å²) in [6.45, 7) is 10.8. The highest BCUT2D eigenvalue weighted by molar-refractivity contribution is 6.08. The second-order valence-electron chi connectivity index (χ2n) is 9.09. The Morgan fingerprint density at radius 2 is 1.69 bits per heavy atom. The number of piperazine rings is 1. The Hall–Kier alpha value is -3.80. The summed E-state index contributed by atoms with van der Waals surface area (Å²) in [6.07, 6.45) is 2.74. The number of hydrogen-bond acceptors (Lipinski definition) is 4. The zero-order chi connectivity index (χ0) is 24.4. The molecule has 1 aliphatic rings. The third-order valence-electron chi connectivity index (χ3n) is 7.05. The van der Waals surface area contributed by atoms with Gasteiger partial charge in [0.25, 0.3) is 5.91 Å². The van der Waals surface area contributed by atoms with Crippen LogP contribution in [0.5, 0.6) is 0 Å². The van der Waals surface area contributed by atoms with E-state index in [0.717, 1.165) is 67.1 Å². The second kappa shape index (κ2) is 9.82. The van der Waals surface area contributed by atoms with E-state index >= 15 is 0 Å². The number of carbonyl (C=O) groups excluding carboxylic acids is 1. The molecule has 6 heteroatoms. The van der Waals surface area contributed by atoms with Crippen molar-refractivity contribution in [3.8, 4) is 0 Å². The van der Waals surface area contributed by atoms with Gasteiger partial charge in [-0.2, -0.15) is 0 Å². The molecule has 0 aliphatic carbocycles. The summed E-state index contributed by atoms with van der Waals surface area (Å²) in [7, 11) is 0. The van der Waals surface area contributed by atoms with Crippen LogP contribution >= 0.6 is 0 Å². The lowest BCUT2D eigenvalue weighted by Crippen LogP contribution is -2.46. The molecule has 2 aromatic carbocycles. The highest BCUT2D eigenvalue weighted by Gasteiger charge is 2.21. The van der Waals surface area contributed by atoms with Gasteiger partial charge < -0.3 is 19.7 Å². The molecule has 0 saturated carbocycles. The fourth-order valence-corrected chi connectivity index (χ4v) is 5.08. The van der Waals surface area contributed by atoms with E-state index in [1.807, 2.05) is 19.1 Å². The summed E-state index contributed by atoms with van der Waals surface area (Å²) in [4.78, 5) is 22.7. The number of nitrogens with zero attached hydrogens (tertiary/aromatic N) is 4. The van der Waals surface area contributed by atoms with Gasteiger partial charge in [0.2, 0.25) is 0 Å². The van der Waals surface area contributed by atoms with Crippen molar-refractivity contribution in [2.24, 2.45) is 0 Å². The molecule has 180 valence electrons. The second-order valence-corrected chi connectivity index (χ2v) is 9.09. The molecule has 3 heterocycles. The maximum Gasteiger partial charge on any atom is 0.272 e. The fourth-order valence-electron chi connectivity index (χ4n) is 5.08.